The van der Waals surface area contributed by atoms with Crippen molar-refractivity contribution in [3.05, 3.63) is 77.4 Å². The second kappa shape index (κ2) is 13.2. The average molecular weight is 667 g/mol. The van der Waals surface area contributed by atoms with Crippen LogP contribution in [0.15, 0.2) is 54.9 Å². The zero-order chi connectivity index (χ0) is 34.0. The van der Waals surface area contributed by atoms with Crippen molar-refractivity contribution in [2.45, 2.75) is 64.1 Å². The van der Waals surface area contributed by atoms with Crippen molar-refractivity contribution in [2.75, 3.05) is 18.9 Å². The van der Waals surface area contributed by atoms with Gasteiger partial charge in [0.15, 0.2) is 14.1 Å². The number of rotatable bonds is 11. The van der Waals surface area contributed by atoms with Gasteiger partial charge in [-0.15, -0.1) is 10.2 Å². The van der Waals surface area contributed by atoms with E-state index in [0.29, 0.717) is 22.7 Å². The average Bonchev–Trinajstić information content (AvgIpc) is 3.40. The maximum Gasteiger partial charge on any atom is 0.243 e. The lowest BCUT2D eigenvalue weighted by molar-refractivity contribution is 0.177. The van der Waals surface area contributed by atoms with E-state index >= 15 is 4.39 Å². The number of para-hydroxylation sites is 1. The molecule has 0 radical (unpaired) electrons. The Kier molecular flexibility index (Phi) is 9.91. The van der Waals surface area contributed by atoms with E-state index in [9.17, 15) is 13.7 Å². The number of sulfonamides is 1. The van der Waals surface area contributed by atoms with E-state index in [1.54, 1.807) is 30.6 Å². The van der Waals surface area contributed by atoms with Crippen molar-refractivity contribution in [3.8, 4) is 34.6 Å². The van der Waals surface area contributed by atoms with E-state index in [2.05, 4.69) is 19.9 Å². The summed E-state index contributed by atoms with van der Waals surface area (Å²) in [6, 6.07) is 12.8. The predicted molar refractivity (Wildman–Crippen MR) is 177 cm³/mol. The molecule has 1 N–H and O–H groups in total. The van der Waals surface area contributed by atoms with E-state index in [-0.39, 0.29) is 27.9 Å². The van der Waals surface area contributed by atoms with Gasteiger partial charge in [0, 0.05) is 23.5 Å². The van der Waals surface area contributed by atoms with Crippen molar-refractivity contribution >= 4 is 24.3 Å². The Labute approximate surface area is 270 Å². The smallest absolute Gasteiger partial charge is 0.243 e. The van der Waals surface area contributed by atoms with Gasteiger partial charge in [-0.25, -0.2) is 12.8 Å². The first-order valence-corrected chi connectivity index (χ1v) is 19.0. The second-order valence-corrected chi connectivity index (χ2v) is 19.2. The fraction of sp³-hybridized carbons (Fsp3) is 0.375. The lowest BCUT2D eigenvalue weighted by Gasteiger charge is -2.40. The molecule has 2 atom stereocenters. The highest BCUT2D eigenvalue weighted by molar-refractivity contribution is 7.93. The number of nitriles is 1. The predicted octanol–water partition coefficient (Wildman–Crippen LogP) is 6.56. The molecule has 14 heteroatoms. The molecule has 0 aliphatic carbocycles. The fourth-order valence-corrected chi connectivity index (χ4v) is 7.11. The summed E-state index contributed by atoms with van der Waals surface area (Å²) in [6.45, 7) is 13.3. The third-order valence-electron chi connectivity index (χ3n) is 8.23. The highest BCUT2D eigenvalue weighted by atomic mass is 32.2. The van der Waals surface area contributed by atoms with Gasteiger partial charge in [-0.2, -0.15) is 5.26 Å². The third-order valence-corrected chi connectivity index (χ3v) is 14.4. The Morgan fingerprint density at radius 3 is 2.24 bits per heavy atom. The van der Waals surface area contributed by atoms with Crippen LogP contribution in [-0.2, 0) is 14.4 Å². The second-order valence-electron chi connectivity index (χ2n) is 12.4. The minimum absolute atomic E-state index is 0.0288. The van der Waals surface area contributed by atoms with Gasteiger partial charge in [-0.05, 0) is 67.9 Å². The molecular formula is C32H39FN6O5SSi. The van der Waals surface area contributed by atoms with Crippen LogP contribution >= 0.6 is 0 Å². The minimum atomic E-state index is -4.36. The molecule has 11 nitrogen and oxygen atoms in total. The van der Waals surface area contributed by atoms with Crippen LogP contribution < -0.4 is 14.2 Å². The summed E-state index contributed by atoms with van der Waals surface area (Å²) in [5.74, 6) is 0.122. The van der Waals surface area contributed by atoms with Crippen molar-refractivity contribution in [3.63, 3.8) is 0 Å². The van der Waals surface area contributed by atoms with Gasteiger partial charge in [0.1, 0.15) is 28.3 Å². The number of aryl methyl sites for hydroxylation is 1. The van der Waals surface area contributed by atoms with Gasteiger partial charge in [0.25, 0.3) is 0 Å². The number of hydrogen-bond donors (Lipinski definition) is 1. The molecule has 1 unspecified atom stereocenters. The van der Waals surface area contributed by atoms with Crippen molar-refractivity contribution in [2.24, 2.45) is 0 Å². The molecule has 0 bridgehead atoms. The molecule has 4 aromatic rings. The van der Waals surface area contributed by atoms with Gasteiger partial charge in [-0.3, -0.25) is 14.3 Å². The van der Waals surface area contributed by atoms with Crippen molar-refractivity contribution in [1.82, 2.24) is 19.7 Å². The third kappa shape index (κ3) is 6.91. The summed E-state index contributed by atoms with van der Waals surface area (Å²) in [6.07, 6.45) is 2.06. The molecular weight excluding hydrogens is 628 g/mol. The summed E-state index contributed by atoms with van der Waals surface area (Å²) in [7, 11) is -4.06. The van der Waals surface area contributed by atoms with E-state index in [1.165, 1.54) is 37.8 Å². The first-order valence-electron chi connectivity index (χ1n) is 14.5. The van der Waals surface area contributed by atoms with Crippen molar-refractivity contribution < 1.29 is 26.7 Å². The number of pyridine rings is 1. The van der Waals surface area contributed by atoms with Gasteiger partial charge in [0.2, 0.25) is 16.0 Å². The first-order chi connectivity index (χ1) is 21.5. The zero-order valence-electron chi connectivity index (χ0n) is 27.4. The summed E-state index contributed by atoms with van der Waals surface area (Å²) in [4.78, 5) is 4.27. The number of methoxy groups -OCH3 is 2. The van der Waals surface area contributed by atoms with Crippen LogP contribution in [0, 0.1) is 24.1 Å². The number of halogens is 1. The Morgan fingerprint density at radius 2 is 1.70 bits per heavy atom. The van der Waals surface area contributed by atoms with Crippen LogP contribution in [-0.4, -0.2) is 56.0 Å². The molecule has 0 fully saturated rings. The molecule has 0 aliphatic rings. The number of nitrogens with zero attached hydrogens (tertiary/aromatic N) is 5. The Bertz CT molecular complexity index is 1860. The highest BCUT2D eigenvalue weighted by Gasteiger charge is 2.44. The molecule has 2 aromatic heterocycles. The van der Waals surface area contributed by atoms with E-state index < -0.39 is 35.5 Å². The highest BCUT2D eigenvalue weighted by Crippen LogP contribution is 2.43. The van der Waals surface area contributed by atoms with Crippen molar-refractivity contribution in [1.29, 1.82) is 5.26 Å². The van der Waals surface area contributed by atoms with Gasteiger partial charge < -0.3 is 13.9 Å². The summed E-state index contributed by atoms with van der Waals surface area (Å²) < 4.78 is 66.0. The number of aromatic nitrogens is 4. The molecule has 46 heavy (non-hydrogen) atoms. The van der Waals surface area contributed by atoms with Crippen LogP contribution in [0.5, 0.6) is 11.5 Å². The molecule has 0 saturated heterocycles. The fourth-order valence-electron chi connectivity index (χ4n) is 4.60. The van der Waals surface area contributed by atoms with Crippen LogP contribution in [0.3, 0.4) is 0 Å². The monoisotopic (exact) mass is 666 g/mol. The van der Waals surface area contributed by atoms with E-state index in [1.807, 2.05) is 52.9 Å². The standard InChI is InChI=1S/C32H39FN6O5SSi/c1-20-15-23(19-35-18-20)30-36-37-31(39(30)28-26(42-6)11-10-12-27(28)43-7)38-45(40,41)21(2)29(44-46(8,9)32(3,4)5)24-14-13-22(17-34)16-25(24)33/h10-16,18-19,21,29H,1-9H3,(H,37,38)/t21-,29?/m0/s1. The number of ether oxygens (including phenoxy) is 2. The number of nitrogens with one attached hydrogen (secondary N) is 1. The lowest BCUT2D eigenvalue weighted by Crippen LogP contribution is -2.45. The van der Waals surface area contributed by atoms with Crippen LogP contribution in [0.25, 0.3) is 17.1 Å². The zero-order valence-corrected chi connectivity index (χ0v) is 29.2. The molecule has 0 saturated carbocycles. The lowest BCUT2D eigenvalue weighted by atomic mass is 10.0. The van der Waals surface area contributed by atoms with E-state index in [0.717, 1.165) is 11.6 Å². The van der Waals surface area contributed by atoms with E-state index in [4.69, 9.17) is 13.9 Å². The molecule has 4 rings (SSSR count). The molecule has 2 heterocycles. The molecule has 244 valence electrons. The maximum atomic E-state index is 15.5. The molecule has 0 spiro atoms. The normalized spacial score (nSPS) is 13.5. The summed E-state index contributed by atoms with van der Waals surface area (Å²) in [5, 5.41) is 16.2. The largest absolute Gasteiger partial charge is 0.494 e. The minimum Gasteiger partial charge on any atom is -0.494 e. The van der Waals surface area contributed by atoms with Crippen LogP contribution in [0.2, 0.25) is 18.1 Å². The van der Waals surface area contributed by atoms with Crippen LogP contribution in [0.4, 0.5) is 10.3 Å². The number of benzene rings is 2. The maximum absolute atomic E-state index is 15.5. The van der Waals surface area contributed by atoms with Gasteiger partial charge >= 0.3 is 0 Å². The topological polar surface area (TPSA) is 141 Å². The van der Waals surface area contributed by atoms with Gasteiger partial charge in [0.05, 0.1) is 32.0 Å². The summed E-state index contributed by atoms with van der Waals surface area (Å²) >= 11 is 0. The number of anilines is 1. The number of hydrogen-bond acceptors (Lipinski definition) is 9. The molecule has 2 aromatic carbocycles. The first kappa shape index (κ1) is 34.5. The SMILES string of the molecule is COc1cccc(OC)c1-n1c(NS(=O)(=O)[C@@H](C)C(O[Si](C)(C)C(C)(C)C)c2ccc(C#N)cc2F)nnc1-c1cncc(C)c1. The molecule has 0 amide bonds. The summed E-state index contributed by atoms with van der Waals surface area (Å²) in [5.41, 5.74) is 1.91. The van der Waals surface area contributed by atoms with Gasteiger partial charge in [-0.1, -0.05) is 32.9 Å². The Morgan fingerprint density at radius 1 is 1.04 bits per heavy atom. The Hall–Kier alpha value is -4.32. The van der Waals surface area contributed by atoms with Crippen LogP contribution in [0.1, 0.15) is 50.5 Å². The molecule has 0 aliphatic heterocycles. The quantitative estimate of drug-likeness (QED) is 0.176. The Balaban J connectivity index is 1.89.